The first-order valence-electron chi connectivity index (χ1n) is 19.7. The van der Waals surface area contributed by atoms with Crippen molar-refractivity contribution in [2.45, 2.75) is 117 Å². The van der Waals surface area contributed by atoms with E-state index in [0.717, 1.165) is 36.7 Å². The molecule has 1 aromatic carbocycles. The van der Waals surface area contributed by atoms with Crippen LogP contribution in [-0.4, -0.2) is 41.1 Å². The van der Waals surface area contributed by atoms with Crippen molar-refractivity contribution in [3.05, 3.63) is 116 Å². The molecule has 3 saturated carbocycles. The number of nitrogens with one attached hydrogen (secondary N) is 2. The summed E-state index contributed by atoms with van der Waals surface area (Å²) >= 11 is 0. The molecule has 8 rings (SSSR count). The Bertz CT molecular complexity index is 1060. The topological polar surface area (TPSA) is 62.7 Å². The van der Waals surface area contributed by atoms with E-state index >= 15 is 0 Å². The first kappa shape index (κ1) is 50.1. The number of pyridine rings is 1. The van der Waals surface area contributed by atoms with Crippen LogP contribution >= 0.6 is 0 Å². The third-order valence-corrected chi connectivity index (χ3v) is 7.56. The number of hydrogen-bond donors (Lipinski definition) is 2. The first-order chi connectivity index (χ1) is 25.7. The summed E-state index contributed by atoms with van der Waals surface area (Å²) in [5.74, 6) is 5.11. The van der Waals surface area contributed by atoms with Gasteiger partial charge in [-0.25, -0.2) is 9.97 Å². The van der Waals surface area contributed by atoms with E-state index in [1.165, 1.54) is 109 Å². The number of benzene rings is 1. The molecular weight excluding hydrogens is 635 g/mol. The molecular formula is C47H73N5. The number of hydrogen-bond acceptors (Lipinski definition) is 5. The average molecular weight is 708 g/mol. The molecule has 3 aromatic rings. The minimum absolute atomic E-state index is 0.662. The second kappa shape index (κ2) is 41.4. The third kappa shape index (κ3) is 40.4. The van der Waals surface area contributed by atoms with Gasteiger partial charge in [0.05, 0.1) is 0 Å². The van der Waals surface area contributed by atoms with E-state index in [9.17, 15) is 0 Å². The standard InChI is InChI=1S/C8H10.C7H9N.C6H8N2.C5H11N.C5H8.C5H6.C4H9N.C3H6.C2H4.C2H2/c1-2-8-6-4-3-5-7-8;1-2-7-5-3-4-6-8-7;1-2-6-7-4-3-5-8-6;1-2-4-6-5-3-1;2*1-2-5-3-4-5;1-2-4-5-3-1;1-2-3-1;2*1-2/h3-7H,2H2,1H3;3-6H,2H2,1H3;3-5H,2H2,1H3;6H,1-5H2;2,5H,1,3-4H2;1,5H,3-4H2;5H,1-4H2;1-3H2;1-2H2;1-2H. The number of aromatic nitrogens is 3. The molecule has 5 aliphatic rings. The molecule has 5 nitrogen and oxygen atoms in total. The Hall–Kier alpha value is -4.03. The van der Waals surface area contributed by atoms with Crippen LogP contribution in [0, 0.1) is 37.0 Å². The number of allylic oxidation sites excluding steroid dienone is 1. The molecule has 2 aromatic heterocycles. The Balaban J connectivity index is 0. The van der Waals surface area contributed by atoms with Crippen molar-refractivity contribution in [2.75, 3.05) is 26.2 Å². The number of aryl methyl sites for hydroxylation is 3. The fraction of sp³-hybridized carbons (Fsp3) is 0.511. The zero-order valence-electron chi connectivity index (χ0n) is 33.3. The van der Waals surface area contributed by atoms with Gasteiger partial charge in [0.1, 0.15) is 5.82 Å². The highest BCUT2D eigenvalue weighted by atomic mass is 14.9. The van der Waals surface area contributed by atoms with Crippen LogP contribution in [0.3, 0.4) is 0 Å². The van der Waals surface area contributed by atoms with Crippen LogP contribution in [-0.2, 0) is 19.3 Å². The van der Waals surface area contributed by atoms with E-state index in [-0.39, 0.29) is 0 Å². The smallest absolute Gasteiger partial charge is 0.127 e. The van der Waals surface area contributed by atoms with E-state index < -0.39 is 0 Å². The number of piperidine rings is 1. The predicted molar refractivity (Wildman–Crippen MR) is 229 cm³/mol. The number of nitrogens with zero attached hydrogens (tertiary/aromatic N) is 3. The monoisotopic (exact) mass is 708 g/mol. The lowest BCUT2D eigenvalue weighted by Gasteiger charge is -2.08. The molecule has 0 spiro atoms. The van der Waals surface area contributed by atoms with Crippen molar-refractivity contribution < 1.29 is 0 Å². The maximum absolute atomic E-state index is 4.98. The van der Waals surface area contributed by atoms with Crippen molar-refractivity contribution in [1.82, 2.24) is 25.6 Å². The fourth-order valence-electron chi connectivity index (χ4n) is 3.84. The van der Waals surface area contributed by atoms with Crippen LogP contribution in [0.5, 0.6) is 0 Å². The highest BCUT2D eigenvalue weighted by Gasteiger charge is 2.16. The number of rotatable bonds is 4. The summed E-state index contributed by atoms with van der Waals surface area (Å²) in [6.45, 7) is 20.9. The van der Waals surface area contributed by atoms with Crippen LogP contribution in [0.1, 0.15) is 115 Å². The largest absolute Gasteiger partial charge is 0.317 e. The third-order valence-electron chi connectivity index (χ3n) is 7.56. The van der Waals surface area contributed by atoms with Gasteiger partial charge in [-0.2, -0.15) is 0 Å². The summed E-state index contributed by atoms with van der Waals surface area (Å²) in [7, 11) is 0. The van der Waals surface area contributed by atoms with Gasteiger partial charge >= 0.3 is 0 Å². The van der Waals surface area contributed by atoms with E-state index in [4.69, 9.17) is 6.42 Å². The van der Waals surface area contributed by atoms with Gasteiger partial charge in [0.2, 0.25) is 0 Å². The van der Waals surface area contributed by atoms with E-state index in [2.05, 4.69) is 102 Å². The van der Waals surface area contributed by atoms with Gasteiger partial charge in [0.25, 0.3) is 0 Å². The second-order valence-electron chi connectivity index (χ2n) is 12.4. The molecule has 2 N–H and O–H groups in total. The molecule has 0 atom stereocenters. The van der Waals surface area contributed by atoms with Crippen LogP contribution in [0.25, 0.3) is 0 Å². The molecule has 5 fully saturated rings. The van der Waals surface area contributed by atoms with Crippen LogP contribution < -0.4 is 10.6 Å². The normalized spacial score (nSPS) is 15.0. The Morgan fingerprint density at radius 3 is 1.33 bits per heavy atom. The lowest BCUT2D eigenvalue weighted by Crippen LogP contribution is -2.21. The molecule has 2 saturated heterocycles. The Kier molecular flexibility index (Phi) is 39.9. The molecule has 0 radical (unpaired) electrons. The highest BCUT2D eigenvalue weighted by molar-refractivity contribution is 5.13. The van der Waals surface area contributed by atoms with Crippen molar-refractivity contribution in [3.63, 3.8) is 0 Å². The molecule has 286 valence electrons. The van der Waals surface area contributed by atoms with Crippen LogP contribution in [0.2, 0.25) is 0 Å². The Morgan fingerprint density at radius 1 is 0.635 bits per heavy atom. The quantitative estimate of drug-likeness (QED) is 0.209. The first-order valence-corrected chi connectivity index (χ1v) is 19.7. The highest BCUT2D eigenvalue weighted by Crippen LogP contribution is 2.29. The van der Waals surface area contributed by atoms with Gasteiger partial charge in [0, 0.05) is 36.6 Å². The maximum atomic E-state index is 4.98. The average Bonchev–Trinajstić information content (AvgIpc) is 4.13. The molecule has 0 bridgehead atoms. The molecule has 4 heterocycles. The van der Waals surface area contributed by atoms with Gasteiger partial charge in [-0.15, -0.1) is 44.9 Å². The SMILES string of the molecule is C#C.C#CC1CC1.C1CC1.C1CCNC1.C1CCNCC1.C=C.C=CC1CC1.CCc1ccccc1.CCc1ccccn1.CCc1ncccn1. The summed E-state index contributed by atoms with van der Waals surface area (Å²) in [6, 6.07) is 18.2. The van der Waals surface area contributed by atoms with Gasteiger partial charge in [0.15, 0.2) is 0 Å². The van der Waals surface area contributed by atoms with E-state index in [1.807, 2.05) is 49.5 Å². The number of terminal acetylenes is 2. The van der Waals surface area contributed by atoms with Gasteiger partial charge in [-0.1, -0.05) is 88.9 Å². The molecule has 0 amide bonds. The second-order valence-corrected chi connectivity index (χ2v) is 12.4. The van der Waals surface area contributed by atoms with Crippen molar-refractivity contribution >= 4 is 0 Å². The zero-order valence-corrected chi connectivity index (χ0v) is 33.3. The molecule has 52 heavy (non-hydrogen) atoms. The molecule has 5 heteroatoms. The van der Waals surface area contributed by atoms with Crippen molar-refractivity contribution in [2.24, 2.45) is 11.8 Å². The molecule has 2 aliphatic heterocycles. The van der Waals surface area contributed by atoms with Crippen molar-refractivity contribution in [1.29, 1.82) is 0 Å². The Labute approximate surface area is 321 Å². The summed E-state index contributed by atoms with van der Waals surface area (Å²) in [5, 5.41) is 6.51. The minimum atomic E-state index is 0.662. The summed E-state index contributed by atoms with van der Waals surface area (Å²) in [4.78, 5) is 12.1. The summed E-state index contributed by atoms with van der Waals surface area (Å²) < 4.78 is 0. The van der Waals surface area contributed by atoms with Gasteiger partial charge in [-0.05, 0) is 120 Å². The fourth-order valence-corrected chi connectivity index (χ4v) is 3.84. The van der Waals surface area contributed by atoms with Crippen molar-refractivity contribution in [3.8, 4) is 25.2 Å². The lowest BCUT2D eigenvalue weighted by molar-refractivity contribution is 0.520. The Morgan fingerprint density at radius 2 is 1.12 bits per heavy atom. The molecule has 3 aliphatic carbocycles. The van der Waals surface area contributed by atoms with E-state index in [0.29, 0.717) is 5.92 Å². The summed E-state index contributed by atoms with van der Waals surface area (Å²) in [6.07, 6.45) is 40.3. The zero-order chi connectivity index (χ0) is 38.8. The van der Waals surface area contributed by atoms with Gasteiger partial charge in [-0.3, -0.25) is 4.98 Å². The molecule has 0 unspecified atom stereocenters. The lowest BCUT2D eigenvalue weighted by atomic mass is 10.2. The van der Waals surface area contributed by atoms with Crippen LogP contribution in [0.4, 0.5) is 0 Å². The minimum Gasteiger partial charge on any atom is -0.317 e. The maximum Gasteiger partial charge on any atom is 0.127 e. The summed E-state index contributed by atoms with van der Waals surface area (Å²) in [5.41, 5.74) is 2.57. The predicted octanol–water partition coefficient (Wildman–Crippen LogP) is 10.9. The van der Waals surface area contributed by atoms with Gasteiger partial charge < -0.3 is 10.6 Å². The van der Waals surface area contributed by atoms with E-state index in [1.54, 1.807) is 12.4 Å². The van der Waals surface area contributed by atoms with Crippen LogP contribution in [0.15, 0.2) is 99.0 Å².